The van der Waals surface area contributed by atoms with E-state index in [-0.39, 0.29) is 36.9 Å². The lowest BCUT2D eigenvalue weighted by molar-refractivity contribution is -0.139. The van der Waals surface area contributed by atoms with Gasteiger partial charge in [0.05, 0.1) is 11.4 Å². The first kappa shape index (κ1) is 24.0. The van der Waals surface area contributed by atoms with Crippen molar-refractivity contribution in [2.45, 2.75) is 44.2 Å². The van der Waals surface area contributed by atoms with Gasteiger partial charge >= 0.3 is 0 Å². The Morgan fingerprint density at radius 2 is 1.88 bits per heavy atom. The lowest BCUT2D eigenvalue weighted by Crippen LogP contribution is -2.49. The molecule has 2 N–H and O–H groups in total. The maximum atomic E-state index is 13.4. The number of nitrogens with one attached hydrogen (secondary N) is 2. The quantitative estimate of drug-likeness (QED) is 0.532. The number of halogens is 1. The van der Waals surface area contributed by atoms with Crippen LogP contribution in [-0.4, -0.2) is 41.8 Å². The second-order valence-electron chi connectivity index (χ2n) is 7.79. The number of carbonyl (C=O) groups excluding carboxylic acids is 3. The Morgan fingerprint density at radius 1 is 1.16 bits per heavy atom. The zero-order valence-corrected chi connectivity index (χ0v) is 19.5. The Kier molecular flexibility index (Phi) is 8.88. The van der Waals surface area contributed by atoms with Crippen LogP contribution in [0.25, 0.3) is 0 Å². The summed E-state index contributed by atoms with van der Waals surface area (Å²) in [6.45, 7) is 3.70. The standard InChI is InChI=1S/C24H28ClN3O3S/c1-2-14-28(21(29)16-26-23(30)20-9-6-15-32-20)22(17-10-12-18(25)13-11-17)24(31)27-19-7-4-3-5-8-19/h2,6,9-13,15,19,22H,1,3-5,7-8,14,16H2,(H,26,30)(H,27,31)/t22-/m1/s1. The molecular weight excluding hydrogens is 446 g/mol. The maximum absolute atomic E-state index is 13.4. The van der Waals surface area contributed by atoms with E-state index in [1.807, 2.05) is 0 Å². The molecule has 1 fully saturated rings. The lowest BCUT2D eigenvalue weighted by Gasteiger charge is -2.33. The van der Waals surface area contributed by atoms with E-state index in [4.69, 9.17) is 11.6 Å². The Hall–Kier alpha value is -2.64. The van der Waals surface area contributed by atoms with Crippen molar-refractivity contribution in [2.75, 3.05) is 13.1 Å². The highest BCUT2D eigenvalue weighted by Crippen LogP contribution is 2.25. The minimum Gasteiger partial charge on any atom is -0.351 e. The molecule has 1 atom stereocenters. The smallest absolute Gasteiger partial charge is 0.261 e. The number of carbonyl (C=O) groups is 3. The summed E-state index contributed by atoms with van der Waals surface area (Å²) >= 11 is 7.34. The van der Waals surface area contributed by atoms with E-state index in [9.17, 15) is 14.4 Å². The van der Waals surface area contributed by atoms with Crippen molar-refractivity contribution >= 4 is 40.7 Å². The van der Waals surface area contributed by atoms with Crippen LogP contribution in [0.15, 0.2) is 54.4 Å². The van der Waals surface area contributed by atoms with Gasteiger partial charge in [0.1, 0.15) is 6.04 Å². The van der Waals surface area contributed by atoms with Gasteiger partial charge in [-0.1, -0.05) is 55.1 Å². The van der Waals surface area contributed by atoms with E-state index in [0.29, 0.717) is 15.5 Å². The molecule has 0 bridgehead atoms. The second-order valence-corrected chi connectivity index (χ2v) is 9.18. The summed E-state index contributed by atoms with van der Waals surface area (Å²) in [6.07, 6.45) is 6.80. The molecule has 3 rings (SSSR count). The predicted molar refractivity (Wildman–Crippen MR) is 128 cm³/mol. The van der Waals surface area contributed by atoms with Gasteiger partial charge in [0.25, 0.3) is 5.91 Å². The van der Waals surface area contributed by atoms with Gasteiger partial charge in [-0.25, -0.2) is 0 Å². The van der Waals surface area contributed by atoms with Gasteiger partial charge in [0.2, 0.25) is 11.8 Å². The molecule has 1 heterocycles. The average molecular weight is 474 g/mol. The number of hydrogen-bond acceptors (Lipinski definition) is 4. The van der Waals surface area contributed by atoms with Crippen molar-refractivity contribution in [3.63, 3.8) is 0 Å². The van der Waals surface area contributed by atoms with Crippen LogP contribution in [0.2, 0.25) is 5.02 Å². The number of amides is 3. The van der Waals surface area contributed by atoms with Gasteiger partial charge in [-0.2, -0.15) is 0 Å². The van der Waals surface area contributed by atoms with Gasteiger partial charge < -0.3 is 15.5 Å². The molecule has 170 valence electrons. The molecule has 0 spiro atoms. The molecule has 1 aliphatic rings. The van der Waals surface area contributed by atoms with Gasteiger partial charge in [-0.05, 0) is 42.0 Å². The number of thiophene rings is 1. The highest BCUT2D eigenvalue weighted by atomic mass is 35.5. The number of rotatable bonds is 9. The van der Waals surface area contributed by atoms with Crippen LogP contribution in [0.5, 0.6) is 0 Å². The molecule has 32 heavy (non-hydrogen) atoms. The fourth-order valence-corrected chi connectivity index (χ4v) is 4.65. The summed E-state index contributed by atoms with van der Waals surface area (Å²) < 4.78 is 0. The van der Waals surface area contributed by atoms with E-state index in [1.54, 1.807) is 47.9 Å². The fourth-order valence-electron chi connectivity index (χ4n) is 3.89. The molecule has 1 aromatic carbocycles. The number of nitrogens with zero attached hydrogens (tertiary/aromatic N) is 1. The van der Waals surface area contributed by atoms with Gasteiger partial charge in [-0.3, -0.25) is 14.4 Å². The van der Waals surface area contributed by atoms with Crippen molar-refractivity contribution in [3.8, 4) is 0 Å². The molecule has 6 nitrogen and oxygen atoms in total. The largest absolute Gasteiger partial charge is 0.351 e. The number of hydrogen-bond donors (Lipinski definition) is 2. The van der Waals surface area contributed by atoms with Crippen molar-refractivity contribution in [1.82, 2.24) is 15.5 Å². The first-order chi connectivity index (χ1) is 15.5. The van der Waals surface area contributed by atoms with Crippen LogP contribution in [-0.2, 0) is 9.59 Å². The lowest BCUT2D eigenvalue weighted by atomic mass is 9.94. The summed E-state index contributed by atoms with van der Waals surface area (Å²) in [7, 11) is 0. The van der Waals surface area contributed by atoms with Crippen LogP contribution in [0.4, 0.5) is 0 Å². The summed E-state index contributed by atoms with van der Waals surface area (Å²) in [5, 5.41) is 8.12. The van der Waals surface area contributed by atoms with Gasteiger partial charge in [-0.15, -0.1) is 17.9 Å². The van der Waals surface area contributed by atoms with E-state index >= 15 is 0 Å². The first-order valence-corrected chi connectivity index (χ1v) is 12.0. The third-order valence-electron chi connectivity index (χ3n) is 5.49. The summed E-state index contributed by atoms with van der Waals surface area (Å²) in [6, 6.07) is 9.63. The Morgan fingerprint density at radius 3 is 2.50 bits per heavy atom. The highest BCUT2D eigenvalue weighted by molar-refractivity contribution is 7.12. The Labute approximate surface area is 197 Å². The van der Waals surface area contributed by atoms with Crippen LogP contribution >= 0.6 is 22.9 Å². The molecule has 0 radical (unpaired) electrons. The monoisotopic (exact) mass is 473 g/mol. The molecule has 2 aromatic rings. The summed E-state index contributed by atoms with van der Waals surface area (Å²) in [4.78, 5) is 40.8. The van der Waals surface area contributed by atoms with E-state index in [0.717, 1.165) is 25.7 Å². The zero-order chi connectivity index (χ0) is 22.9. The van der Waals surface area contributed by atoms with Crippen LogP contribution in [0, 0.1) is 0 Å². The molecular formula is C24H28ClN3O3S. The topological polar surface area (TPSA) is 78.5 Å². The number of benzene rings is 1. The normalized spacial score (nSPS) is 14.9. The maximum Gasteiger partial charge on any atom is 0.261 e. The van der Waals surface area contributed by atoms with E-state index in [2.05, 4.69) is 17.2 Å². The van der Waals surface area contributed by atoms with Crippen molar-refractivity contribution < 1.29 is 14.4 Å². The van der Waals surface area contributed by atoms with Gasteiger partial charge in [0.15, 0.2) is 0 Å². The van der Waals surface area contributed by atoms with Crippen molar-refractivity contribution in [2.24, 2.45) is 0 Å². The van der Waals surface area contributed by atoms with Crippen LogP contribution in [0.3, 0.4) is 0 Å². The SMILES string of the molecule is C=CCN(C(=O)CNC(=O)c1cccs1)[C@@H](C(=O)NC1CCCCC1)c1ccc(Cl)cc1. The zero-order valence-electron chi connectivity index (χ0n) is 17.9. The summed E-state index contributed by atoms with van der Waals surface area (Å²) in [5.41, 5.74) is 0.655. The molecule has 1 saturated carbocycles. The van der Waals surface area contributed by atoms with Crippen LogP contribution < -0.4 is 10.6 Å². The minimum atomic E-state index is -0.849. The van der Waals surface area contributed by atoms with Crippen molar-refractivity contribution in [3.05, 3.63) is 69.9 Å². The Balaban J connectivity index is 1.80. The fraction of sp³-hybridized carbons (Fsp3) is 0.375. The molecule has 3 amide bonds. The molecule has 0 unspecified atom stereocenters. The predicted octanol–water partition coefficient (Wildman–Crippen LogP) is 4.34. The highest BCUT2D eigenvalue weighted by Gasteiger charge is 2.32. The molecule has 8 heteroatoms. The third-order valence-corrected chi connectivity index (χ3v) is 6.61. The molecule has 0 saturated heterocycles. The summed E-state index contributed by atoms with van der Waals surface area (Å²) in [5.74, 6) is -0.922. The van der Waals surface area contributed by atoms with Crippen LogP contribution in [0.1, 0.15) is 53.4 Å². The second kappa shape index (κ2) is 11.8. The molecule has 1 aliphatic carbocycles. The first-order valence-electron chi connectivity index (χ1n) is 10.8. The minimum absolute atomic E-state index is 0.102. The van der Waals surface area contributed by atoms with E-state index in [1.165, 1.54) is 22.7 Å². The van der Waals surface area contributed by atoms with E-state index < -0.39 is 6.04 Å². The van der Waals surface area contributed by atoms with Gasteiger partial charge in [0, 0.05) is 17.6 Å². The van der Waals surface area contributed by atoms with Crippen molar-refractivity contribution in [1.29, 1.82) is 0 Å². The Bertz CT molecular complexity index is 924. The average Bonchev–Trinajstić information content (AvgIpc) is 3.34. The molecule has 1 aromatic heterocycles. The molecule has 0 aliphatic heterocycles. The third kappa shape index (κ3) is 6.43.